The van der Waals surface area contributed by atoms with Crippen LogP contribution in [0.2, 0.25) is 4.34 Å². The molecule has 6 nitrogen and oxygen atoms in total. The lowest BCUT2D eigenvalue weighted by Crippen LogP contribution is -2.23. The molecular formula is C15H12ClFN2O4S3. The highest BCUT2D eigenvalue weighted by Crippen LogP contribution is 2.27. The fourth-order valence-electron chi connectivity index (χ4n) is 2.22. The van der Waals surface area contributed by atoms with Crippen molar-refractivity contribution in [2.24, 2.45) is 4.40 Å². The van der Waals surface area contributed by atoms with Crippen molar-refractivity contribution >= 4 is 60.5 Å². The number of thiophene rings is 1. The molecule has 2 heterocycles. The fourth-order valence-corrected chi connectivity index (χ4v) is 5.93. The summed E-state index contributed by atoms with van der Waals surface area (Å²) in [7, 11) is -4.05. The Kier molecular flexibility index (Phi) is 5.47. The molecule has 2 aromatic heterocycles. The molecule has 0 bridgehead atoms. The number of rotatable bonds is 5. The van der Waals surface area contributed by atoms with Gasteiger partial charge in [-0.3, -0.25) is 4.79 Å². The molecule has 0 saturated heterocycles. The van der Waals surface area contributed by atoms with Crippen molar-refractivity contribution in [1.29, 1.82) is 0 Å². The monoisotopic (exact) mass is 434 g/mol. The Morgan fingerprint density at radius 3 is 2.73 bits per heavy atom. The Bertz CT molecular complexity index is 1150. The molecule has 0 atom stereocenters. The van der Waals surface area contributed by atoms with E-state index < -0.39 is 21.8 Å². The predicted molar refractivity (Wildman–Crippen MR) is 98.5 cm³/mol. The number of benzene rings is 1. The van der Waals surface area contributed by atoms with Crippen molar-refractivity contribution in [3.63, 3.8) is 0 Å². The van der Waals surface area contributed by atoms with Crippen LogP contribution in [-0.4, -0.2) is 25.6 Å². The second kappa shape index (κ2) is 7.47. The van der Waals surface area contributed by atoms with Crippen LogP contribution < -0.4 is 4.80 Å². The molecule has 0 fully saturated rings. The van der Waals surface area contributed by atoms with E-state index in [9.17, 15) is 17.6 Å². The van der Waals surface area contributed by atoms with Gasteiger partial charge >= 0.3 is 5.97 Å². The number of sulfonamides is 1. The van der Waals surface area contributed by atoms with Gasteiger partial charge in [0.1, 0.15) is 16.6 Å². The van der Waals surface area contributed by atoms with Gasteiger partial charge < -0.3 is 9.30 Å². The first-order chi connectivity index (χ1) is 12.3. The first-order valence-corrected chi connectivity index (χ1v) is 10.8. The Hall–Kier alpha value is -1.75. The first-order valence-electron chi connectivity index (χ1n) is 7.31. The van der Waals surface area contributed by atoms with Crippen LogP contribution in [0.3, 0.4) is 0 Å². The Labute approximate surface area is 161 Å². The van der Waals surface area contributed by atoms with Gasteiger partial charge in [-0.05, 0) is 31.2 Å². The summed E-state index contributed by atoms with van der Waals surface area (Å²) in [6, 6.07) is 7.15. The van der Waals surface area contributed by atoms with Gasteiger partial charge in [0.25, 0.3) is 10.0 Å². The summed E-state index contributed by atoms with van der Waals surface area (Å²) in [5, 5.41) is 0. The zero-order valence-corrected chi connectivity index (χ0v) is 16.5. The Morgan fingerprint density at radius 1 is 1.31 bits per heavy atom. The van der Waals surface area contributed by atoms with Crippen LogP contribution in [0.15, 0.2) is 38.9 Å². The highest BCUT2D eigenvalue weighted by molar-refractivity contribution is 7.92. The summed E-state index contributed by atoms with van der Waals surface area (Å²) < 4.78 is 49.9. The molecular weight excluding hydrogens is 423 g/mol. The average molecular weight is 435 g/mol. The zero-order chi connectivity index (χ0) is 18.9. The molecule has 0 N–H and O–H groups in total. The van der Waals surface area contributed by atoms with E-state index in [4.69, 9.17) is 16.3 Å². The summed E-state index contributed by atoms with van der Waals surface area (Å²) in [6.45, 7) is 1.45. The van der Waals surface area contributed by atoms with E-state index in [2.05, 4.69) is 4.40 Å². The molecule has 0 aliphatic heterocycles. The predicted octanol–water partition coefficient (Wildman–Crippen LogP) is 3.41. The minimum Gasteiger partial charge on any atom is -0.465 e. The van der Waals surface area contributed by atoms with Gasteiger partial charge in [0.2, 0.25) is 4.80 Å². The maximum atomic E-state index is 14.3. The molecule has 0 unspecified atom stereocenters. The van der Waals surface area contributed by atoms with Crippen molar-refractivity contribution in [3.8, 4) is 0 Å². The number of halogens is 2. The summed E-state index contributed by atoms with van der Waals surface area (Å²) >= 11 is 7.62. The molecule has 138 valence electrons. The third-order valence-corrected chi connectivity index (χ3v) is 7.37. The summed E-state index contributed by atoms with van der Waals surface area (Å²) in [5.74, 6) is -1.20. The molecule has 26 heavy (non-hydrogen) atoms. The summed E-state index contributed by atoms with van der Waals surface area (Å²) in [6.07, 6.45) is 0. The number of hydrogen-bond acceptors (Lipinski definition) is 6. The SMILES string of the molecule is CCOC(=O)Cn1/c(=N/S(=O)(=O)c2ccc(Cl)s2)sc2cccc(F)c21. The number of nitrogens with zero attached hydrogens (tertiary/aromatic N) is 2. The van der Waals surface area contributed by atoms with Gasteiger partial charge in [-0.15, -0.1) is 15.7 Å². The van der Waals surface area contributed by atoms with Crippen LogP contribution >= 0.6 is 34.3 Å². The molecule has 0 aliphatic rings. The Morgan fingerprint density at radius 2 is 2.08 bits per heavy atom. The smallest absolute Gasteiger partial charge is 0.326 e. The number of hydrogen-bond donors (Lipinski definition) is 0. The fraction of sp³-hybridized carbons (Fsp3) is 0.200. The topological polar surface area (TPSA) is 77.7 Å². The number of ether oxygens (including phenoxy) is 1. The highest BCUT2D eigenvalue weighted by atomic mass is 35.5. The molecule has 0 radical (unpaired) electrons. The van der Waals surface area contributed by atoms with Gasteiger partial charge in [-0.1, -0.05) is 29.0 Å². The van der Waals surface area contributed by atoms with Crippen molar-refractivity contribution in [1.82, 2.24) is 4.57 Å². The van der Waals surface area contributed by atoms with E-state index >= 15 is 0 Å². The lowest BCUT2D eigenvalue weighted by Gasteiger charge is -2.05. The van der Waals surface area contributed by atoms with Gasteiger partial charge in [0, 0.05) is 0 Å². The Balaban J connectivity index is 2.22. The van der Waals surface area contributed by atoms with Crippen molar-refractivity contribution in [2.45, 2.75) is 17.7 Å². The number of esters is 1. The maximum absolute atomic E-state index is 14.3. The van der Waals surface area contributed by atoms with E-state index in [0.29, 0.717) is 9.04 Å². The van der Waals surface area contributed by atoms with Crippen molar-refractivity contribution in [3.05, 3.63) is 45.3 Å². The van der Waals surface area contributed by atoms with Gasteiger partial charge in [0.05, 0.1) is 21.2 Å². The standard InChI is InChI=1S/C15H12ClFN2O4S3/c1-2-23-12(20)8-19-14-9(17)4-3-5-10(14)24-15(19)18-26(21,22)13-7-6-11(16)25-13/h3-7H,2,8H2,1H3/b18-15-. The van der Waals surface area contributed by atoms with Crippen LogP contribution in [0.25, 0.3) is 10.2 Å². The number of para-hydroxylation sites is 1. The summed E-state index contributed by atoms with van der Waals surface area (Å²) in [5.41, 5.74) is 0.101. The number of carbonyl (C=O) groups excluding carboxylic acids is 1. The third kappa shape index (κ3) is 3.83. The van der Waals surface area contributed by atoms with Gasteiger partial charge in [-0.2, -0.15) is 8.42 Å². The van der Waals surface area contributed by atoms with Crippen LogP contribution in [0.4, 0.5) is 4.39 Å². The second-order valence-electron chi connectivity index (χ2n) is 4.99. The molecule has 0 spiro atoms. The van der Waals surface area contributed by atoms with E-state index in [1.165, 1.54) is 28.8 Å². The maximum Gasteiger partial charge on any atom is 0.326 e. The lowest BCUT2D eigenvalue weighted by atomic mass is 10.3. The minimum atomic E-state index is -4.05. The normalized spacial score (nSPS) is 12.7. The third-order valence-electron chi connectivity index (χ3n) is 3.25. The van der Waals surface area contributed by atoms with E-state index in [0.717, 1.165) is 22.7 Å². The van der Waals surface area contributed by atoms with Gasteiger partial charge in [-0.25, -0.2) is 4.39 Å². The first kappa shape index (κ1) is 19.0. The van der Waals surface area contributed by atoms with Crippen LogP contribution in [0.1, 0.15) is 6.92 Å². The molecule has 0 amide bonds. The van der Waals surface area contributed by atoms with Crippen LogP contribution in [0.5, 0.6) is 0 Å². The van der Waals surface area contributed by atoms with Crippen molar-refractivity contribution in [2.75, 3.05) is 6.61 Å². The quantitative estimate of drug-likeness (QED) is 0.576. The largest absolute Gasteiger partial charge is 0.465 e. The van der Waals surface area contributed by atoms with Crippen LogP contribution in [-0.2, 0) is 26.1 Å². The molecule has 3 aromatic rings. The number of carbonyl (C=O) groups is 1. The zero-order valence-electron chi connectivity index (χ0n) is 13.3. The van der Waals surface area contributed by atoms with Crippen LogP contribution in [0, 0.1) is 5.82 Å². The molecule has 11 heteroatoms. The summed E-state index contributed by atoms with van der Waals surface area (Å²) in [4.78, 5) is 11.9. The molecule has 3 rings (SSSR count). The molecule has 0 saturated carbocycles. The number of thiazole rings is 1. The second-order valence-corrected chi connectivity index (χ2v) is 9.54. The average Bonchev–Trinajstić information content (AvgIpc) is 3.13. The molecule has 1 aromatic carbocycles. The number of aromatic nitrogens is 1. The van der Waals surface area contributed by atoms with E-state index in [-0.39, 0.29) is 27.7 Å². The van der Waals surface area contributed by atoms with Gasteiger partial charge in [0.15, 0.2) is 0 Å². The lowest BCUT2D eigenvalue weighted by molar-refractivity contribution is -0.143. The minimum absolute atomic E-state index is 0.0253. The van der Waals surface area contributed by atoms with E-state index in [1.54, 1.807) is 13.0 Å². The van der Waals surface area contributed by atoms with E-state index in [1.807, 2.05) is 0 Å². The van der Waals surface area contributed by atoms with Crippen molar-refractivity contribution < 1.29 is 22.3 Å². The molecule has 0 aliphatic carbocycles. The highest BCUT2D eigenvalue weighted by Gasteiger charge is 2.19. The number of fused-ring (bicyclic) bond motifs is 1.